The normalized spacial score (nSPS) is 10.4. The molecule has 0 saturated carbocycles. The number of anilines is 1. The Hall–Kier alpha value is -2.47. The summed E-state index contributed by atoms with van der Waals surface area (Å²) in [7, 11) is 0. The lowest BCUT2D eigenvalue weighted by molar-refractivity contribution is 0.475. The van der Waals surface area contributed by atoms with Crippen LogP contribution in [0.1, 0.15) is 5.56 Å². The quantitative estimate of drug-likeness (QED) is 0.462. The standard InChI is InChI=1S/C14H12FN3OS/c15-11-3-5-12(6-4-11)17-14(20)18-16-9-10-1-7-13(19)8-2-10/h1-9,19H,(H2,17,18,20)/b16-9-. The molecule has 0 saturated heterocycles. The van der Waals surface area contributed by atoms with Gasteiger partial charge in [-0.3, -0.25) is 5.43 Å². The lowest BCUT2D eigenvalue weighted by Gasteiger charge is -2.06. The summed E-state index contributed by atoms with van der Waals surface area (Å²) in [6.07, 6.45) is 1.57. The molecule has 3 N–H and O–H groups in total. The number of nitrogens with zero attached hydrogens (tertiary/aromatic N) is 1. The number of hydrogen-bond acceptors (Lipinski definition) is 3. The van der Waals surface area contributed by atoms with Crippen molar-refractivity contribution in [1.29, 1.82) is 0 Å². The summed E-state index contributed by atoms with van der Waals surface area (Å²) in [5.41, 5.74) is 4.13. The summed E-state index contributed by atoms with van der Waals surface area (Å²) in [6, 6.07) is 12.4. The van der Waals surface area contributed by atoms with Crippen molar-refractivity contribution in [2.24, 2.45) is 5.10 Å². The van der Waals surface area contributed by atoms with Crippen LogP contribution in [-0.4, -0.2) is 16.4 Å². The molecule has 0 unspecified atom stereocenters. The van der Waals surface area contributed by atoms with Crippen LogP contribution in [0, 0.1) is 5.82 Å². The monoisotopic (exact) mass is 289 g/mol. The highest BCUT2D eigenvalue weighted by atomic mass is 32.1. The van der Waals surface area contributed by atoms with E-state index >= 15 is 0 Å². The van der Waals surface area contributed by atoms with Crippen molar-refractivity contribution < 1.29 is 9.50 Å². The van der Waals surface area contributed by atoms with Gasteiger partial charge in [-0.15, -0.1) is 0 Å². The highest BCUT2D eigenvalue weighted by Crippen LogP contribution is 2.08. The van der Waals surface area contributed by atoms with Gasteiger partial charge in [0.25, 0.3) is 0 Å². The van der Waals surface area contributed by atoms with Crippen molar-refractivity contribution in [1.82, 2.24) is 5.43 Å². The largest absolute Gasteiger partial charge is 0.508 e. The molecule has 0 amide bonds. The number of rotatable bonds is 3. The van der Waals surface area contributed by atoms with Gasteiger partial charge in [-0.1, -0.05) is 0 Å². The van der Waals surface area contributed by atoms with Crippen LogP contribution in [0.4, 0.5) is 10.1 Å². The minimum Gasteiger partial charge on any atom is -0.508 e. The number of thiocarbonyl (C=S) groups is 1. The third-order valence-corrected chi connectivity index (χ3v) is 2.57. The van der Waals surface area contributed by atoms with Gasteiger partial charge in [-0.05, 0) is 66.3 Å². The Bertz CT molecular complexity index is 611. The van der Waals surface area contributed by atoms with Crippen molar-refractivity contribution in [3.63, 3.8) is 0 Å². The number of phenolic OH excluding ortho intramolecular Hbond substituents is 1. The maximum Gasteiger partial charge on any atom is 0.191 e. The van der Waals surface area contributed by atoms with E-state index in [0.717, 1.165) is 5.56 Å². The smallest absolute Gasteiger partial charge is 0.191 e. The number of halogens is 1. The maximum absolute atomic E-state index is 12.7. The lowest BCUT2D eigenvalue weighted by Crippen LogP contribution is -2.23. The molecule has 4 nitrogen and oxygen atoms in total. The zero-order valence-corrected chi connectivity index (χ0v) is 11.2. The second kappa shape index (κ2) is 6.63. The van der Waals surface area contributed by atoms with Gasteiger partial charge in [0.1, 0.15) is 11.6 Å². The lowest BCUT2D eigenvalue weighted by atomic mass is 10.2. The van der Waals surface area contributed by atoms with E-state index in [1.807, 2.05) is 0 Å². The van der Waals surface area contributed by atoms with Gasteiger partial charge in [-0.2, -0.15) is 5.10 Å². The number of nitrogens with one attached hydrogen (secondary N) is 2. The van der Waals surface area contributed by atoms with Crippen LogP contribution in [0.5, 0.6) is 5.75 Å². The number of benzene rings is 2. The van der Waals surface area contributed by atoms with Gasteiger partial charge in [0, 0.05) is 5.69 Å². The summed E-state index contributed by atoms with van der Waals surface area (Å²) < 4.78 is 12.7. The van der Waals surface area contributed by atoms with Gasteiger partial charge in [-0.25, -0.2) is 4.39 Å². The Morgan fingerprint density at radius 2 is 1.75 bits per heavy atom. The second-order valence-corrected chi connectivity index (χ2v) is 4.33. The molecule has 0 aliphatic carbocycles. The maximum atomic E-state index is 12.7. The molecular formula is C14H12FN3OS. The molecule has 0 aromatic heterocycles. The highest BCUT2D eigenvalue weighted by Gasteiger charge is 1.96. The van der Waals surface area contributed by atoms with E-state index in [2.05, 4.69) is 15.8 Å². The summed E-state index contributed by atoms with van der Waals surface area (Å²) in [6.45, 7) is 0. The van der Waals surface area contributed by atoms with Gasteiger partial charge in [0.15, 0.2) is 5.11 Å². The van der Waals surface area contributed by atoms with Crippen LogP contribution in [0.15, 0.2) is 53.6 Å². The number of hydrogen-bond donors (Lipinski definition) is 3. The summed E-state index contributed by atoms with van der Waals surface area (Å²) >= 11 is 5.04. The fourth-order valence-electron chi connectivity index (χ4n) is 1.42. The molecule has 0 aliphatic rings. The van der Waals surface area contributed by atoms with Crippen LogP contribution < -0.4 is 10.7 Å². The molecule has 0 aliphatic heterocycles. The first-order chi connectivity index (χ1) is 9.63. The van der Waals surface area contributed by atoms with Crippen molar-refractivity contribution in [2.45, 2.75) is 0 Å². The van der Waals surface area contributed by atoms with Crippen LogP contribution in [-0.2, 0) is 0 Å². The predicted molar refractivity (Wildman–Crippen MR) is 81.5 cm³/mol. The van der Waals surface area contributed by atoms with Gasteiger partial charge < -0.3 is 10.4 Å². The topological polar surface area (TPSA) is 56.7 Å². The van der Waals surface area contributed by atoms with Crippen LogP contribution in [0.2, 0.25) is 0 Å². The molecule has 0 bridgehead atoms. The zero-order chi connectivity index (χ0) is 14.4. The Kier molecular flexibility index (Phi) is 4.62. The Morgan fingerprint density at radius 3 is 2.40 bits per heavy atom. The summed E-state index contributed by atoms with van der Waals surface area (Å²) in [5.74, 6) is -0.108. The third kappa shape index (κ3) is 4.33. The molecule has 2 aromatic carbocycles. The average Bonchev–Trinajstić information content (AvgIpc) is 2.44. The van der Waals surface area contributed by atoms with Crippen molar-refractivity contribution in [2.75, 3.05) is 5.32 Å². The summed E-state index contributed by atoms with van der Waals surface area (Å²) in [5, 5.41) is 16.2. The number of hydrazone groups is 1. The predicted octanol–water partition coefficient (Wildman–Crippen LogP) is 2.85. The van der Waals surface area contributed by atoms with Gasteiger partial charge in [0.05, 0.1) is 6.21 Å². The summed E-state index contributed by atoms with van der Waals surface area (Å²) in [4.78, 5) is 0. The zero-order valence-electron chi connectivity index (χ0n) is 10.4. The fraction of sp³-hybridized carbons (Fsp3) is 0. The van der Waals surface area contributed by atoms with E-state index in [9.17, 15) is 4.39 Å². The molecule has 102 valence electrons. The van der Waals surface area contributed by atoms with Crippen molar-refractivity contribution in [3.8, 4) is 5.75 Å². The van der Waals surface area contributed by atoms with Crippen molar-refractivity contribution >= 4 is 29.2 Å². The molecule has 6 heteroatoms. The molecule has 2 aromatic rings. The highest BCUT2D eigenvalue weighted by molar-refractivity contribution is 7.80. The first-order valence-corrected chi connectivity index (χ1v) is 6.19. The first kappa shape index (κ1) is 14.0. The van der Waals surface area contributed by atoms with E-state index in [1.165, 1.54) is 12.1 Å². The van der Waals surface area contributed by atoms with Crippen LogP contribution >= 0.6 is 12.2 Å². The molecule has 0 spiro atoms. The van der Waals surface area contributed by atoms with Gasteiger partial charge >= 0.3 is 0 Å². The van der Waals surface area contributed by atoms with Gasteiger partial charge in [0.2, 0.25) is 0 Å². The molecule has 2 rings (SSSR count). The second-order valence-electron chi connectivity index (χ2n) is 3.92. The molecule has 20 heavy (non-hydrogen) atoms. The van der Waals surface area contributed by atoms with E-state index in [4.69, 9.17) is 17.3 Å². The first-order valence-electron chi connectivity index (χ1n) is 5.78. The Balaban J connectivity index is 1.85. The minimum absolute atomic E-state index is 0.198. The van der Waals surface area contributed by atoms with Crippen LogP contribution in [0.3, 0.4) is 0 Å². The molecule has 0 fully saturated rings. The van der Waals surface area contributed by atoms with Crippen molar-refractivity contribution in [3.05, 3.63) is 59.9 Å². The van der Waals surface area contributed by atoms with E-state index in [-0.39, 0.29) is 11.6 Å². The van der Waals surface area contributed by atoms with E-state index in [0.29, 0.717) is 10.8 Å². The molecule has 0 atom stereocenters. The molecule has 0 heterocycles. The third-order valence-electron chi connectivity index (χ3n) is 2.37. The Morgan fingerprint density at radius 1 is 1.10 bits per heavy atom. The average molecular weight is 289 g/mol. The minimum atomic E-state index is -0.306. The Labute approximate surface area is 121 Å². The van der Waals surface area contributed by atoms with E-state index in [1.54, 1.807) is 42.6 Å². The van der Waals surface area contributed by atoms with Crippen LogP contribution in [0.25, 0.3) is 0 Å². The van der Waals surface area contributed by atoms with E-state index < -0.39 is 0 Å². The SMILES string of the molecule is Oc1ccc(/C=N\NC(=S)Nc2ccc(F)cc2)cc1. The number of aromatic hydroxyl groups is 1. The molecule has 0 radical (unpaired) electrons. The molecular weight excluding hydrogens is 277 g/mol. The number of phenols is 1. The fourth-order valence-corrected chi connectivity index (χ4v) is 1.59.